The normalized spacial score (nSPS) is 10.7. The van der Waals surface area contributed by atoms with Crippen molar-refractivity contribution >= 4 is 22.6 Å². The molecule has 0 fully saturated rings. The second-order valence-electron chi connectivity index (χ2n) is 5.02. The maximum atomic E-state index is 12.5. The number of carbonyl (C=O) groups excluding carboxylic acids is 1. The minimum Gasteiger partial charge on any atom is -0.432 e. The van der Waals surface area contributed by atoms with Gasteiger partial charge in [0.2, 0.25) is 0 Å². The van der Waals surface area contributed by atoms with Gasteiger partial charge >= 0.3 is 12.6 Å². The number of nitrogens with one attached hydrogen (secondary N) is 2. The van der Waals surface area contributed by atoms with Crippen LogP contribution in [0.1, 0.15) is 5.69 Å². The molecule has 0 atom stereocenters. The van der Waals surface area contributed by atoms with E-state index in [1.807, 2.05) is 6.07 Å². The molecule has 3 aromatic rings. The zero-order valence-electron chi connectivity index (χ0n) is 12.9. The average molecular weight is 344 g/mol. The Kier molecular flexibility index (Phi) is 4.98. The number of alkyl halides is 2. The van der Waals surface area contributed by atoms with Gasteiger partial charge in [0, 0.05) is 17.8 Å². The number of aromatic nitrogens is 2. The van der Waals surface area contributed by atoms with E-state index in [1.54, 1.807) is 30.5 Å². The number of rotatable bonds is 5. The second-order valence-corrected chi connectivity index (χ2v) is 5.02. The summed E-state index contributed by atoms with van der Waals surface area (Å²) >= 11 is 0. The van der Waals surface area contributed by atoms with E-state index in [2.05, 4.69) is 25.3 Å². The summed E-state index contributed by atoms with van der Waals surface area (Å²) in [5.74, 6) is -0.0509. The lowest BCUT2D eigenvalue weighted by atomic mass is 10.1. The molecule has 25 heavy (non-hydrogen) atoms. The summed E-state index contributed by atoms with van der Waals surface area (Å²) in [5.41, 5.74) is 1.39. The second kappa shape index (κ2) is 7.52. The van der Waals surface area contributed by atoms with Crippen LogP contribution >= 0.6 is 0 Å². The number of ether oxygens (including phenoxy) is 1. The SMILES string of the molecule is O=C(NCc1ccccn1)Nc1ccc(OC(F)F)c2ncccc12. The number of amides is 2. The van der Waals surface area contributed by atoms with E-state index in [0.717, 1.165) is 0 Å². The molecule has 0 spiro atoms. The Morgan fingerprint density at radius 2 is 1.92 bits per heavy atom. The Hall–Kier alpha value is -3.29. The molecule has 0 radical (unpaired) electrons. The van der Waals surface area contributed by atoms with E-state index in [9.17, 15) is 13.6 Å². The van der Waals surface area contributed by atoms with E-state index in [-0.39, 0.29) is 17.8 Å². The zero-order chi connectivity index (χ0) is 17.6. The molecule has 2 aromatic heterocycles. The van der Waals surface area contributed by atoms with Crippen LogP contribution in [0.2, 0.25) is 0 Å². The van der Waals surface area contributed by atoms with E-state index in [4.69, 9.17) is 0 Å². The summed E-state index contributed by atoms with van der Waals surface area (Å²) in [4.78, 5) is 20.2. The quantitative estimate of drug-likeness (QED) is 0.742. The highest BCUT2D eigenvalue weighted by molar-refractivity contribution is 6.02. The number of urea groups is 1. The molecular weight excluding hydrogens is 330 g/mol. The molecular formula is C17H14F2N4O2. The lowest BCUT2D eigenvalue weighted by Crippen LogP contribution is -2.28. The van der Waals surface area contributed by atoms with E-state index in [0.29, 0.717) is 16.8 Å². The topological polar surface area (TPSA) is 76.1 Å². The first kappa shape index (κ1) is 16.6. The van der Waals surface area contributed by atoms with Gasteiger partial charge in [-0.15, -0.1) is 0 Å². The van der Waals surface area contributed by atoms with Crippen molar-refractivity contribution in [3.8, 4) is 5.75 Å². The van der Waals surface area contributed by atoms with Gasteiger partial charge in [-0.2, -0.15) is 8.78 Å². The first-order valence-electron chi connectivity index (χ1n) is 7.41. The predicted octanol–water partition coefficient (Wildman–Crippen LogP) is 3.55. The molecule has 6 nitrogen and oxygen atoms in total. The van der Waals surface area contributed by atoms with Crippen molar-refractivity contribution in [2.75, 3.05) is 5.32 Å². The molecule has 8 heteroatoms. The molecule has 0 aliphatic carbocycles. The van der Waals surface area contributed by atoms with Crippen LogP contribution in [-0.4, -0.2) is 22.6 Å². The molecule has 0 saturated heterocycles. The summed E-state index contributed by atoms with van der Waals surface area (Å²) in [6.07, 6.45) is 3.10. The predicted molar refractivity (Wildman–Crippen MR) is 88.5 cm³/mol. The van der Waals surface area contributed by atoms with Gasteiger partial charge in [0.15, 0.2) is 5.75 Å². The van der Waals surface area contributed by atoms with Crippen LogP contribution in [0.4, 0.5) is 19.3 Å². The van der Waals surface area contributed by atoms with Gasteiger partial charge in [-0.3, -0.25) is 9.97 Å². The first-order valence-corrected chi connectivity index (χ1v) is 7.41. The molecule has 0 bridgehead atoms. The van der Waals surface area contributed by atoms with E-state index < -0.39 is 12.6 Å². The monoisotopic (exact) mass is 344 g/mol. The van der Waals surface area contributed by atoms with Crippen LogP contribution in [0, 0.1) is 0 Å². The highest BCUT2D eigenvalue weighted by Gasteiger charge is 2.13. The number of benzene rings is 1. The fraction of sp³-hybridized carbons (Fsp3) is 0.118. The fourth-order valence-corrected chi connectivity index (χ4v) is 2.29. The van der Waals surface area contributed by atoms with E-state index in [1.165, 1.54) is 18.3 Å². The van der Waals surface area contributed by atoms with Gasteiger partial charge in [0.25, 0.3) is 0 Å². The van der Waals surface area contributed by atoms with Crippen LogP contribution in [0.5, 0.6) is 5.75 Å². The number of halogens is 2. The third kappa shape index (κ3) is 4.17. The Labute approximate surface area is 141 Å². The van der Waals surface area contributed by atoms with Gasteiger partial charge < -0.3 is 15.4 Å². The van der Waals surface area contributed by atoms with Crippen molar-refractivity contribution in [1.82, 2.24) is 15.3 Å². The summed E-state index contributed by atoms with van der Waals surface area (Å²) in [6.45, 7) is -2.69. The van der Waals surface area contributed by atoms with Crippen LogP contribution in [-0.2, 0) is 6.54 Å². The average Bonchev–Trinajstić information content (AvgIpc) is 2.62. The Morgan fingerprint density at radius 3 is 2.68 bits per heavy atom. The Balaban J connectivity index is 1.76. The van der Waals surface area contributed by atoms with Crippen LogP contribution in [0.3, 0.4) is 0 Å². The largest absolute Gasteiger partial charge is 0.432 e. The van der Waals surface area contributed by atoms with Crippen molar-refractivity contribution in [3.05, 3.63) is 60.6 Å². The van der Waals surface area contributed by atoms with Crippen molar-refractivity contribution < 1.29 is 18.3 Å². The maximum Gasteiger partial charge on any atom is 0.387 e. The van der Waals surface area contributed by atoms with Crippen molar-refractivity contribution in [3.63, 3.8) is 0 Å². The van der Waals surface area contributed by atoms with Crippen LogP contribution in [0.25, 0.3) is 10.9 Å². The van der Waals surface area contributed by atoms with Crippen molar-refractivity contribution in [2.24, 2.45) is 0 Å². The number of carbonyl (C=O) groups is 1. The number of anilines is 1. The summed E-state index contributed by atoms with van der Waals surface area (Å²) < 4.78 is 29.4. The molecule has 1 aromatic carbocycles. The number of hydrogen-bond donors (Lipinski definition) is 2. The number of fused-ring (bicyclic) bond motifs is 1. The van der Waals surface area contributed by atoms with Crippen molar-refractivity contribution in [2.45, 2.75) is 13.2 Å². The standard InChI is InChI=1S/C17H14F2N4O2/c18-16(19)25-14-7-6-13(12-5-3-9-21-15(12)14)23-17(24)22-10-11-4-1-2-8-20-11/h1-9,16H,10H2,(H2,22,23,24). The highest BCUT2D eigenvalue weighted by Crippen LogP contribution is 2.30. The molecule has 0 aliphatic heterocycles. The van der Waals surface area contributed by atoms with Gasteiger partial charge in [-0.05, 0) is 36.4 Å². The number of hydrogen-bond acceptors (Lipinski definition) is 4. The molecule has 128 valence electrons. The van der Waals surface area contributed by atoms with Crippen LogP contribution in [0.15, 0.2) is 54.9 Å². The third-order valence-electron chi connectivity index (χ3n) is 3.35. The Morgan fingerprint density at radius 1 is 1.08 bits per heavy atom. The summed E-state index contributed by atoms with van der Waals surface area (Å²) in [7, 11) is 0. The first-order chi connectivity index (χ1) is 12.1. The smallest absolute Gasteiger partial charge is 0.387 e. The molecule has 3 rings (SSSR count). The molecule has 2 amide bonds. The van der Waals surface area contributed by atoms with Gasteiger partial charge in [0.05, 0.1) is 17.9 Å². The lowest BCUT2D eigenvalue weighted by Gasteiger charge is -2.12. The fourth-order valence-electron chi connectivity index (χ4n) is 2.29. The maximum absolute atomic E-state index is 12.5. The Bertz CT molecular complexity index is 875. The molecule has 0 saturated carbocycles. The minimum atomic E-state index is -2.95. The molecule has 2 heterocycles. The molecule has 2 N–H and O–H groups in total. The minimum absolute atomic E-state index is 0.0509. The highest BCUT2D eigenvalue weighted by atomic mass is 19.3. The third-order valence-corrected chi connectivity index (χ3v) is 3.35. The van der Waals surface area contributed by atoms with Gasteiger partial charge in [0.1, 0.15) is 5.52 Å². The zero-order valence-corrected chi connectivity index (χ0v) is 12.9. The lowest BCUT2D eigenvalue weighted by molar-refractivity contribution is -0.0489. The number of nitrogens with zero attached hydrogens (tertiary/aromatic N) is 2. The number of pyridine rings is 2. The molecule has 0 unspecified atom stereocenters. The van der Waals surface area contributed by atoms with Crippen LogP contribution < -0.4 is 15.4 Å². The van der Waals surface area contributed by atoms with Gasteiger partial charge in [-0.25, -0.2) is 4.79 Å². The molecule has 0 aliphatic rings. The summed E-state index contributed by atoms with van der Waals surface area (Å²) in [6, 6.07) is 11.1. The van der Waals surface area contributed by atoms with Crippen molar-refractivity contribution in [1.29, 1.82) is 0 Å². The summed E-state index contributed by atoms with van der Waals surface area (Å²) in [5, 5.41) is 5.84. The van der Waals surface area contributed by atoms with E-state index >= 15 is 0 Å². The van der Waals surface area contributed by atoms with Gasteiger partial charge in [-0.1, -0.05) is 6.07 Å².